The topological polar surface area (TPSA) is 177 Å². The molecule has 2 aliphatic carbocycles. The summed E-state index contributed by atoms with van der Waals surface area (Å²) in [5.74, 6) is -3.62. The number of allylic oxidation sites excluding steroid dienone is 2. The van der Waals surface area contributed by atoms with E-state index in [2.05, 4.69) is 15.7 Å². The third-order valence-electron chi connectivity index (χ3n) is 10.9. The van der Waals surface area contributed by atoms with Crippen LogP contribution in [0.2, 0.25) is 0 Å². The van der Waals surface area contributed by atoms with Crippen molar-refractivity contribution in [1.29, 1.82) is 0 Å². The second-order valence-electron chi connectivity index (χ2n) is 14.3. The summed E-state index contributed by atoms with van der Waals surface area (Å²) in [6.45, 7) is -0.0616. The number of carbonyl (C=O) groups excluding carboxylic acids is 4. The van der Waals surface area contributed by atoms with Crippen LogP contribution in [-0.4, -0.2) is 85.5 Å². The van der Waals surface area contributed by atoms with Gasteiger partial charge >= 0.3 is 12.1 Å². The van der Waals surface area contributed by atoms with Gasteiger partial charge in [-0.05, 0) is 91.2 Å². The highest BCUT2D eigenvalue weighted by Gasteiger charge is 2.62. The van der Waals surface area contributed by atoms with E-state index in [9.17, 15) is 33.9 Å². The van der Waals surface area contributed by atoms with E-state index in [4.69, 9.17) is 4.74 Å². The lowest BCUT2D eigenvalue weighted by Gasteiger charge is -2.29. The summed E-state index contributed by atoms with van der Waals surface area (Å²) in [7, 11) is 0. The van der Waals surface area contributed by atoms with Gasteiger partial charge in [0.1, 0.15) is 23.7 Å². The predicted molar refractivity (Wildman–Crippen MR) is 196 cm³/mol. The van der Waals surface area contributed by atoms with Gasteiger partial charge in [-0.3, -0.25) is 19.2 Å². The van der Waals surface area contributed by atoms with Crippen molar-refractivity contribution in [2.75, 3.05) is 12.3 Å². The summed E-state index contributed by atoms with van der Waals surface area (Å²) >= 11 is 3.15. The number of hydrogen-bond donors (Lipinski definition) is 3. The van der Waals surface area contributed by atoms with Crippen LogP contribution in [0.25, 0.3) is 16.7 Å². The van der Waals surface area contributed by atoms with Gasteiger partial charge in [0.15, 0.2) is 0 Å². The second-order valence-corrected chi connectivity index (χ2v) is 16.1. The molecule has 1 saturated heterocycles. The Bertz CT molecular complexity index is 1850. The quantitative estimate of drug-likeness (QED) is 0.266. The summed E-state index contributed by atoms with van der Waals surface area (Å²) < 4.78 is 6.99. The molecule has 3 fully saturated rings. The van der Waals surface area contributed by atoms with Crippen LogP contribution >= 0.6 is 23.1 Å². The molecule has 3 aliphatic heterocycles. The first-order valence-electron chi connectivity index (χ1n) is 18.2. The summed E-state index contributed by atoms with van der Waals surface area (Å²) in [6.07, 6.45) is 11.9. The molecule has 0 bridgehead atoms. The molecule has 0 radical (unpaired) electrons. The Morgan fingerprint density at radius 3 is 2.62 bits per heavy atom. The molecule has 2 aromatic rings. The summed E-state index contributed by atoms with van der Waals surface area (Å²) in [5.41, 5.74) is 1.06. The number of fused-ring (bicyclic) bond motifs is 2. The van der Waals surface area contributed by atoms with Crippen LogP contribution in [0.5, 0.6) is 0 Å². The SMILES string of the molecule is O=C(N[C@H]1CCCCC/C=C\[C@@H]2C[C@@]2(C(=O)C(=O)O)NC(=O)[C@@H]2C[C@@H](n3ncc(-c4ccsc4)c(C4=CSCC4)c3=O)CN2C1=O)OC1CCCC1. The fraction of sp³-hybridized carbons (Fsp3) is 0.541. The van der Waals surface area contributed by atoms with Gasteiger partial charge in [0.25, 0.3) is 11.3 Å². The van der Waals surface area contributed by atoms with Crippen molar-refractivity contribution in [3.63, 3.8) is 0 Å². The van der Waals surface area contributed by atoms with E-state index in [0.29, 0.717) is 36.8 Å². The van der Waals surface area contributed by atoms with Gasteiger partial charge in [-0.1, -0.05) is 25.0 Å². The number of aromatic nitrogens is 2. The number of ether oxygens (including phenoxy) is 1. The lowest BCUT2D eigenvalue weighted by Crippen LogP contribution is -2.57. The van der Waals surface area contributed by atoms with Crippen molar-refractivity contribution in [2.24, 2.45) is 5.92 Å². The largest absolute Gasteiger partial charge is 0.475 e. The monoisotopic (exact) mass is 749 g/mol. The van der Waals surface area contributed by atoms with Crippen molar-refractivity contribution >= 4 is 58.3 Å². The first-order chi connectivity index (χ1) is 25.2. The Kier molecular flexibility index (Phi) is 10.7. The Hall–Kier alpha value is -4.24. The Balaban J connectivity index is 1.24. The van der Waals surface area contributed by atoms with Crippen LogP contribution in [0.3, 0.4) is 0 Å². The molecule has 52 heavy (non-hydrogen) atoms. The number of thiophene rings is 1. The van der Waals surface area contributed by atoms with Gasteiger partial charge in [0, 0.05) is 30.2 Å². The lowest BCUT2D eigenvalue weighted by molar-refractivity contribution is -0.151. The Labute approximate surface area is 309 Å². The molecule has 5 aliphatic rings. The summed E-state index contributed by atoms with van der Waals surface area (Å²) in [6, 6.07) is -0.958. The third kappa shape index (κ3) is 7.34. The highest BCUT2D eigenvalue weighted by Crippen LogP contribution is 2.46. The minimum Gasteiger partial charge on any atom is -0.475 e. The number of carboxylic acid groups (broad SMARTS) is 1. The molecule has 13 nitrogen and oxygen atoms in total. The first-order valence-corrected chi connectivity index (χ1v) is 20.1. The van der Waals surface area contributed by atoms with E-state index < -0.39 is 59.2 Å². The van der Waals surface area contributed by atoms with Gasteiger partial charge in [0.05, 0.1) is 17.8 Å². The zero-order valence-electron chi connectivity index (χ0n) is 28.8. The normalized spacial score (nSPS) is 28.8. The van der Waals surface area contributed by atoms with Crippen LogP contribution in [0.15, 0.2) is 45.4 Å². The molecule has 0 aromatic carbocycles. The minimum absolute atomic E-state index is 0.00734. The van der Waals surface area contributed by atoms with Gasteiger partial charge in [0.2, 0.25) is 11.8 Å². The number of nitrogens with one attached hydrogen (secondary N) is 2. The average molecular weight is 750 g/mol. The highest BCUT2D eigenvalue weighted by molar-refractivity contribution is 8.02. The molecule has 7 rings (SSSR count). The molecule has 3 amide bonds. The van der Waals surface area contributed by atoms with Gasteiger partial charge in [-0.2, -0.15) is 16.4 Å². The molecular formula is C37H43N5O8S2. The molecule has 2 aromatic heterocycles. The predicted octanol–water partition coefficient (Wildman–Crippen LogP) is 4.68. The van der Waals surface area contributed by atoms with E-state index in [1.54, 1.807) is 24.0 Å². The molecule has 2 saturated carbocycles. The molecule has 5 atom stereocenters. The number of hydrogen-bond acceptors (Lipinski definition) is 10. The Morgan fingerprint density at radius 1 is 1.08 bits per heavy atom. The lowest BCUT2D eigenvalue weighted by atomic mass is 9.98. The minimum atomic E-state index is -1.65. The Morgan fingerprint density at radius 2 is 1.88 bits per heavy atom. The van der Waals surface area contributed by atoms with Crippen LogP contribution in [0.4, 0.5) is 4.79 Å². The molecule has 276 valence electrons. The number of nitrogens with zero attached hydrogens (tertiary/aromatic N) is 3. The fourth-order valence-electron chi connectivity index (χ4n) is 8.04. The maximum absolute atomic E-state index is 14.5. The van der Waals surface area contributed by atoms with Crippen LogP contribution in [0, 0.1) is 5.92 Å². The standard InChI is InChI=1S/C37H43N5O8S2/c43-31(35(47)48)37-17-24(37)8-4-2-1-3-5-11-28(39-36(49)50-26-9-6-7-10-26)33(45)41-19-25(16-29(41)32(44)40-37)42-34(46)30(23-13-15-52-21-23)27(18-38-42)22-12-14-51-20-22/h4,8,12,14,18,20-21,24-26,28-29H,1-3,5-7,9-11,13,15-17,19H2,(H,39,49)(H,40,44)(H,47,48)/b8-4-/t24-,25-,28+,29+,37-/m1/s1. The maximum Gasteiger partial charge on any atom is 0.408 e. The third-order valence-corrected chi connectivity index (χ3v) is 12.5. The zero-order valence-corrected chi connectivity index (χ0v) is 30.4. The summed E-state index contributed by atoms with van der Waals surface area (Å²) in [4.78, 5) is 82.6. The highest BCUT2D eigenvalue weighted by atomic mass is 32.2. The molecule has 0 unspecified atom stereocenters. The number of aliphatic carboxylic acids is 1. The number of amides is 3. The van der Waals surface area contributed by atoms with Crippen LogP contribution in [0.1, 0.15) is 88.7 Å². The van der Waals surface area contributed by atoms with E-state index in [0.717, 1.165) is 55.4 Å². The number of thioether (sulfide) groups is 1. The van der Waals surface area contributed by atoms with Crippen LogP contribution < -0.4 is 16.2 Å². The molecule has 0 spiro atoms. The average Bonchev–Trinajstić information content (AvgIpc) is 3.81. The van der Waals surface area contributed by atoms with E-state index in [1.165, 1.54) is 20.9 Å². The van der Waals surface area contributed by atoms with Crippen molar-refractivity contribution in [3.05, 3.63) is 56.5 Å². The van der Waals surface area contributed by atoms with Crippen molar-refractivity contribution in [2.45, 2.75) is 107 Å². The van der Waals surface area contributed by atoms with Crippen molar-refractivity contribution in [1.82, 2.24) is 25.3 Å². The van der Waals surface area contributed by atoms with Crippen LogP contribution in [-0.2, 0) is 23.9 Å². The fourth-order valence-corrected chi connectivity index (χ4v) is 9.59. The van der Waals surface area contributed by atoms with Crippen molar-refractivity contribution < 1.29 is 33.8 Å². The molecule has 3 N–H and O–H groups in total. The number of ketones is 1. The van der Waals surface area contributed by atoms with E-state index in [-0.39, 0.29) is 31.0 Å². The number of alkyl carbamates (subject to hydrolysis) is 1. The molecule has 15 heteroatoms. The summed E-state index contributed by atoms with van der Waals surface area (Å²) in [5, 5.41) is 25.7. The zero-order chi connectivity index (χ0) is 36.4. The smallest absolute Gasteiger partial charge is 0.408 e. The van der Waals surface area contributed by atoms with E-state index >= 15 is 0 Å². The molecular weight excluding hydrogens is 707 g/mol. The first kappa shape index (κ1) is 36.1. The maximum atomic E-state index is 14.5. The number of carbonyl (C=O) groups is 5. The van der Waals surface area contributed by atoms with E-state index in [1.807, 2.05) is 28.3 Å². The molecule has 5 heterocycles. The van der Waals surface area contributed by atoms with Crippen molar-refractivity contribution in [3.8, 4) is 11.1 Å². The number of Topliss-reactive ketones (excluding diaryl/α,β-unsaturated/α-hetero) is 1. The van der Waals surface area contributed by atoms with Gasteiger partial charge in [-0.25, -0.2) is 14.3 Å². The number of rotatable bonds is 7. The van der Waals surface area contributed by atoms with Gasteiger partial charge < -0.3 is 25.4 Å². The van der Waals surface area contributed by atoms with Gasteiger partial charge in [-0.15, -0.1) is 11.8 Å². The second kappa shape index (κ2) is 15.4. The number of carboxylic acids is 1.